The van der Waals surface area contributed by atoms with Crippen LogP contribution in [0.15, 0.2) is 46.7 Å². The zero-order valence-corrected chi connectivity index (χ0v) is 16.9. The molecule has 0 bridgehead atoms. The molecule has 27 heavy (non-hydrogen) atoms. The molecule has 1 aromatic heterocycles. The first kappa shape index (κ1) is 21.4. The quantitative estimate of drug-likeness (QED) is 0.595. The topological polar surface area (TPSA) is 102 Å². The van der Waals surface area contributed by atoms with Crippen LogP contribution in [0.2, 0.25) is 5.02 Å². The minimum absolute atomic E-state index is 0.000739. The van der Waals surface area contributed by atoms with Gasteiger partial charge in [-0.3, -0.25) is 9.59 Å². The third kappa shape index (κ3) is 6.62. The summed E-state index contributed by atoms with van der Waals surface area (Å²) in [5.41, 5.74) is 0. The molecular formula is C17H19ClN2O5S2. The Balaban J connectivity index is 1.90. The standard InChI is InChI=1S/C17H19ClN2O5S2/c1-25-17(22)11-14(15-3-2-10-26-15)20-16(21)8-9-19-27(23,24)13-6-4-12(18)5-7-13/h2-7,10,14,19H,8-9,11H2,1H3,(H,20,21)/t14-/m0/s1. The van der Waals surface area contributed by atoms with Crippen molar-refractivity contribution in [2.75, 3.05) is 13.7 Å². The van der Waals surface area contributed by atoms with Crippen molar-refractivity contribution in [1.29, 1.82) is 0 Å². The Morgan fingerprint density at radius 1 is 1.22 bits per heavy atom. The van der Waals surface area contributed by atoms with Gasteiger partial charge in [-0.15, -0.1) is 11.3 Å². The molecule has 2 N–H and O–H groups in total. The molecule has 0 aliphatic rings. The SMILES string of the molecule is COC(=O)C[C@H](NC(=O)CCNS(=O)(=O)c1ccc(Cl)cc1)c1cccs1. The lowest BCUT2D eigenvalue weighted by molar-refractivity contribution is -0.141. The van der Waals surface area contributed by atoms with Gasteiger partial charge in [-0.05, 0) is 35.7 Å². The number of hydrogen-bond acceptors (Lipinski definition) is 6. The lowest BCUT2D eigenvalue weighted by Crippen LogP contribution is -2.33. The summed E-state index contributed by atoms with van der Waals surface area (Å²) in [6, 6.07) is 8.82. The Hall–Kier alpha value is -1.94. The van der Waals surface area contributed by atoms with Crippen molar-refractivity contribution in [3.05, 3.63) is 51.7 Å². The van der Waals surface area contributed by atoms with E-state index in [0.29, 0.717) is 5.02 Å². The maximum absolute atomic E-state index is 12.2. The predicted octanol–water partition coefficient (Wildman–Crippen LogP) is 2.49. The van der Waals surface area contributed by atoms with E-state index in [0.717, 1.165) is 4.88 Å². The second-order valence-corrected chi connectivity index (χ2v) is 8.70. The number of sulfonamides is 1. The van der Waals surface area contributed by atoms with Gasteiger partial charge in [-0.2, -0.15) is 0 Å². The fourth-order valence-electron chi connectivity index (χ4n) is 2.22. The van der Waals surface area contributed by atoms with Gasteiger partial charge >= 0.3 is 5.97 Å². The van der Waals surface area contributed by atoms with Crippen LogP contribution in [-0.2, 0) is 24.3 Å². The molecule has 0 radical (unpaired) electrons. The molecule has 1 atom stereocenters. The van der Waals surface area contributed by atoms with Gasteiger partial charge in [0.15, 0.2) is 0 Å². The average molecular weight is 431 g/mol. The Kier molecular flexibility index (Phi) is 7.78. The number of rotatable bonds is 9. The summed E-state index contributed by atoms with van der Waals surface area (Å²) in [5.74, 6) is -0.826. The van der Waals surface area contributed by atoms with Crippen LogP contribution >= 0.6 is 22.9 Å². The summed E-state index contributed by atoms with van der Waals surface area (Å²) < 4.78 is 31.4. The van der Waals surface area contributed by atoms with Gasteiger partial charge in [0.1, 0.15) is 0 Å². The second-order valence-electron chi connectivity index (χ2n) is 5.52. The van der Waals surface area contributed by atoms with Crippen LogP contribution in [0, 0.1) is 0 Å². The molecule has 146 valence electrons. The third-order valence-corrected chi connectivity index (χ3v) is 6.30. The van der Waals surface area contributed by atoms with Crippen molar-refractivity contribution in [3.63, 3.8) is 0 Å². The molecule has 10 heteroatoms. The van der Waals surface area contributed by atoms with Gasteiger partial charge in [-0.1, -0.05) is 17.7 Å². The Labute approximate surface area is 166 Å². The third-order valence-electron chi connectivity index (χ3n) is 3.59. The summed E-state index contributed by atoms with van der Waals surface area (Å²) in [6.45, 7) is -0.0772. The van der Waals surface area contributed by atoms with Crippen molar-refractivity contribution < 1.29 is 22.7 Å². The zero-order valence-electron chi connectivity index (χ0n) is 14.5. The van der Waals surface area contributed by atoms with Gasteiger partial charge in [0.25, 0.3) is 0 Å². The van der Waals surface area contributed by atoms with Crippen LogP contribution in [0.3, 0.4) is 0 Å². The molecule has 0 fully saturated rings. The molecule has 1 amide bonds. The molecule has 0 aliphatic carbocycles. The highest BCUT2D eigenvalue weighted by Gasteiger charge is 2.20. The number of thiophene rings is 1. The van der Waals surface area contributed by atoms with Crippen LogP contribution in [0.5, 0.6) is 0 Å². The summed E-state index contributed by atoms with van der Waals surface area (Å²) in [6.07, 6.45) is -0.0743. The van der Waals surface area contributed by atoms with Crippen molar-refractivity contribution in [3.8, 4) is 0 Å². The molecule has 0 saturated carbocycles. The van der Waals surface area contributed by atoms with E-state index >= 15 is 0 Å². The van der Waals surface area contributed by atoms with E-state index in [2.05, 4.69) is 14.8 Å². The van der Waals surface area contributed by atoms with Gasteiger partial charge in [0.05, 0.1) is 24.5 Å². The van der Waals surface area contributed by atoms with Gasteiger partial charge in [0.2, 0.25) is 15.9 Å². The van der Waals surface area contributed by atoms with Crippen molar-refractivity contribution in [2.45, 2.75) is 23.8 Å². The molecule has 1 aromatic carbocycles. The second kappa shape index (κ2) is 9.84. The van der Waals surface area contributed by atoms with Gasteiger partial charge in [0, 0.05) is 22.9 Å². The summed E-state index contributed by atoms with van der Waals surface area (Å²) in [5, 5.41) is 5.01. The highest BCUT2D eigenvalue weighted by atomic mass is 35.5. The molecule has 0 saturated heterocycles. The number of halogens is 1. The lowest BCUT2D eigenvalue weighted by atomic mass is 10.1. The molecule has 0 unspecified atom stereocenters. The van der Waals surface area contributed by atoms with E-state index < -0.39 is 22.0 Å². The van der Waals surface area contributed by atoms with Crippen LogP contribution < -0.4 is 10.0 Å². The van der Waals surface area contributed by atoms with E-state index in [1.807, 2.05) is 17.5 Å². The fourth-order valence-corrected chi connectivity index (χ4v) is 4.16. The summed E-state index contributed by atoms with van der Waals surface area (Å²) in [7, 11) is -2.45. The van der Waals surface area contributed by atoms with Gasteiger partial charge < -0.3 is 10.1 Å². The summed E-state index contributed by atoms with van der Waals surface area (Å²) in [4.78, 5) is 24.6. The number of carbonyl (C=O) groups is 2. The maximum atomic E-state index is 12.2. The van der Waals surface area contributed by atoms with Crippen molar-refractivity contribution in [1.82, 2.24) is 10.0 Å². The number of ether oxygens (including phenoxy) is 1. The zero-order chi connectivity index (χ0) is 19.9. The largest absolute Gasteiger partial charge is 0.469 e. The van der Waals surface area contributed by atoms with Gasteiger partial charge in [-0.25, -0.2) is 13.1 Å². The fraction of sp³-hybridized carbons (Fsp3) is 0.294. The number of benzene rings is 1. The number of hydrogen-bond donors (Lipinski definition) is 2. The minimum Gasteiger partial charge on any atom is -0.469 e. The normalized spacial score (nSPS) is 12.4. The van der Waals surface area contributed by atoms with E-state index in [-0.39, 0.29) is 30.2 Å². The smallest absolute Gasteiger partial charge is 0.307 e. The maximum Gasteiger partial charge on any atom is 0.307 e. The highest BCUT2D eigenvalue weighted by Crippen LogP contribution is 2.22. The van der Waals surface area contributed by atoms with E-state index in [1.54, 1.807) is 0 Å². The number of methoxy groups -OCH3 is 1. The molecule has 2 aromatic rings. The number of amides is 1. The average Bonchev–Trinajstić information content (AvgIpc) is 3.16. The van der Waals surface area contributed by atoms with E-state index in [4.69, 9.17) is 11.6 Å². The Morgan fingerprint density at radius 3 is 2.52 bits per heavy atom. The van der Waals surface area contributed by atoms with E-state index in [9.17, 15) is 18.0 Å². The molecular weight excluding hydrogens is 412 g/mol. The molecule has 1 heterocycles. The first-order chi connectivity index (χ1) is 12.8. The Bertz CT molecular complexity index is 867. The molecule has 0 spiro atoms. The first-order valence-electron chi connectivity index (χ1n) is 7.96. The predicted molar refractivity (Wildman–Crippen MR) is 103 cm³/mol. The number of carbonyl (C=O) groups excluding carboxylic acids is 2. The summed E-state index contributed by atoms with van der Waals surface area (Å²) >= 11 is 7.15. The van der Waals surface area contributed by atoms with Crippen LogP contribution in [0.25, 0.3) is 0 Å². The Morgan fingerprint density at radius 2 is 1.93 bits per heavy atom. The van der Waals surface area contributed by atoms with Crippen molar-refractivity contribution in [2.24, 2.45) is 0 Å². The van der Waals surface area contributed by atoms with E-state index in [1.165, 1.54) is 42.7 Å². The highest BCUT2D eigenvalue weighted by molar-refractivity contribution is 7.89. The molecule has 7 nitrogen and oxygen atoms in total. The monoisotopic (exact) mass is 430 g/mol. The van der Waals surface area contributed by atoms with Crippen LogP contribution in [-0.4, -0.2) is 33.9 Å². The van der Waals surface area contributed by atoms with Crippen LogP contribution in [0.1, 0.15) is 23.8 Å². The first-order valence-corrected chi connectivity index (χ1v) is 10.7. The van der Waals surface area contributed by atoms with Crippen LogP contribution in [0.4, 0.5) is 0 Å². The number of esters is 1. The van der Waals surface area contributed by atoms with Crippen molar-refractivity contribution >= 4 is 44.8 Å². The molecule has 0 aliphatic heterocycles. The minimum atomic E-state index is -3.73. The molecule has 2 rings (SSSR count). The lowest BCUT2D eigenvalue weighted by Gasteiger charge is -2.16. The number of nitrogens with one attached hydrogen (secondary N) is 2.